The lowest BCUT2D eigenvalue weighted by molar-refractivity contribution is 0.265. The van der Waals surface area contributed by atoms with Gasteiger partial charge in [0.2, 0.25) is 0 Å². The molecule has 1 aliphatic rings. The van der Waals surface area contributed by atoms with E-state index in [1.807, 2.05) is 7.05 Å². The van der Waals surface area contributed by atoms with Gasteiger partial charge < -0.3 is 5.32 Å². The van der Waals surface area contributed by atoms with Crippen LogP contribution < -0.4 is 5.32 Å². The molecule has 1 aliphatic heterocycles. The van der Waals surface area contributed by atoms with Crippen molar-refractivity contribution in [1.82, 2.24) is 13.9 Å². The highest BCUT2D eigenvalue weighted by Crippen LogP contribution is 2.19. The molecule has 0 amide bonds. The molecule has 1 N–H and O–H groups in total. The highest BCUT2D eigenvalue weighted by molar-refractivity contribution is 7.86. The number of piperidine rings is 1. The van der Waals surface area contributed by atoms with Crippen LogP contribution in [0.2, 0.25) is 0 Å². The van der Waals surface area contributed by atoms with Crippen LogP contribution in [0.1, 0.15) is 53.4 Å². The van der Waals surface area contributed by atoms with Crippen molar-refractivity contribution in [2.24, 2.45) is 11.8 Å². The largest absolute Gasteiger partial charge is 0.317 e. The van der Waals surface area contributed by atoms with Crippen molar-refractivity contribution >= 4 is 10.2 Å². The third-order valence-corrected chi connectivity index (χ3v) is 6.46. The van der Waals surface area contributed by atoms with Crippen LogP contribution in [0, 0.1) is 11.8 Å². The van der Waals surface area contributed by atoms with Gasteiger partial charge in [-0.05, 0) is 44.6 Å². The molecule has 1 rings (SSSR count). The molecule has 0 aromatic rings. The third-order valence-electron chi connectivity index (χ3n) is 4.43. The van der Waals surface area contributed by atoms with Crippen LogP contribution in [-0.4, -0.2) is 56.3 Å². The fourth-order valence-corrected chi connectivity index (χ4v) is 4.36. The molecule has 0 unspecified atom stereocenters. The van der Waals surface area contributed by atoms with Gasteiger partial charge in [0.15, 0.2) is 0 Å². The van der Waals surface area contributed by atoms with Crippen molar-refractivity contribution in [3.8, 4) is 0 Å². The summed E-state index contributed by atoms with van der Waals surface area (Å²) in [5.41, 5.74) is 0. The molecule has 1 fully saturated rings. The van der Waals surface area contributed by atoms with Crippen molar-refractivity contribution in [2.45, 2.75) is 59.4 Å². The molecule has 1 heterocycles. The topological polar surface area (TPSA) is 52.7 Å². The minimum absolute atomic E-state index is 0.450. The average molecular weight is 334 g/mol. The Bertz CT molecular complexity index is 390. The Morgan fingerprint density at radius 1 is 1.05 bits per heavy atom. The number of hydrogen-bond donors (Lipinski definition) is 1. The van der Waals surface area contributed by atoms with Crippen LogP contribution in [0.5, 0.6) is 0 Å². The molecular weight excluding hydrogens is 298 g/mol. The van der Waals surface area contributed by atoms with Crippen molar-refractivity contribution < 1.29 is 8.42 Å². The summed E-state index contributed by atoms with van der Waals surface area (Å²) in [6.45, 7) is 11.1. The predicted molar refractivity (Wildman–Crippen MR) is 93.1 cm³/mol. The summed E-state index contributed by atoms with van der Waals surface area (Å²) in [6.07, 6.45) is 3.64. The zero-order valence-corrected chi connectivity index (χ0v) is 15.8. The summed E-state index contributed by atoms with van der Waals surface area (Å²) in [4.78, 5) is 0. The van der Waals surface area contributed by atoms with Gasteiger partial charge in [-0.25, -0.2) is 0 Å². The molecule has 0 saturated carbocycles. The summed E-state index contributed by atoms with van der Waals surface area (Å²) in [5.74, 6) is 1.04. The molecule has 1 saturated heterocycles. The van der Waals surface area contributed by atoms with Crippen molar-refractivity contribution in [2.75, 3.05) is 33.2 Å². The first-order chi connectivity index (χ1) is 10.3. The second-order valence-corrected chi connectivity index (χ2v) is 9.16. The van der Waals surface area contributed by atoms with Gasteiger partial charge in [-0.1, -0.05) is 27.7 Å². The summed E-state index contributed by atoms with van der Waals surface area (Å²) in [7, 11) is -1.36. The third kappa shape index (κ3) is 6.14. The lowest BCUT2D eigenvalue weighted by Gasteiger charge is -2.35. The highest BCUT2D eigenvalue weighted by Gasteiger charge is 2.32. The molecule has 22 heavy (non-hydrogen) atoms. The van der Waals surface area contributed by atoms with Crippen LogP contribution in [0.15, 0.2) is 0 Å². The van der Waals surface area contributed by atoms with E-state index in [1.54, 1.807) is 8.61 Å². The molecule has 5 nitrogen and oxygen atoms in total. The van der Waals surface area contributed by atoms with E-state index in [9.17, 15) is 8.42 Å². The summed E-state index contributed by atoms with van der Waals surface area (Å²) < 4.78 is 29.3. The SMILES string of the molecule is CNC1CCN(S(=O)(=O)N(CCC(C)C)CCC(C)C)CC1. The molecule has 0 aromatic heterocycles. The Kier molecular flexibility index (Phi) is 8.32. The molecular formula is C16H35N3O2S. The molecule has 132 valence electrons. The van der Waals surface area contributed by atoms with Gasteiger partial charge in [-0.15, -0.1) is 0 Å². The van der Waals surface area contributed by atoms with Crippen molar-refractivity contribution in [1.29, 1.82) is 0 Å². The van der Waals surface area contributed by atoms with Gasteiger partial charge in [-0.2, -0.15) is 17.0 Å². The highest BCUT2D eigenvalue weighted by atomic mass is 32.2. The predicted octanol–water partition coefficient (Wildman–Crippen LogP) is 2.31. The molecule has 0 bridgehead atoms. The van der Waals surface area contributed by atoms with E-state index < -0.39 is 10.2 Å². The molecule has 0 aromatic carbocycles. The number of hydrogen-bond acceptors (Lipinski definition) is 3. The van der Waals surface area contributed by atoms with E-state index >= 15 is 0 Å². The molecule has 0 atom stereocenters. The standard InChI is InChI=1S/C16H35N3O2S/c1-14(2)6-10-18(11-7-15(3)4)22(20,21)19-12-8-16(17-5)9-13-19/h14-17H,6-13H2,1-5H3. The van der Waals surface area contributed by atoms with Gasteiger partial charge in [0.25, 0.3) is 10.2 Å². The lowest BCUT2D eigenvalue weighted by Crippen LogP contribution is -2.50. The van der Waals surface area contributed by atoms with Crippen LogP contribution in [-0.2, 0) is 10.2 Å². The summed E-state index contributed by atoms with van der Waals surface area (Å²) >= 11 is 0. The first-order valence-electron chi connectivity index (χ1n) is 8.69. The van der Waals surface area contributed by atoms with Gasteiger partial charge in [0, 0.05) is 32.2 Å². The molecule has 6 heteroatoms. The Labute approximate surface area is 137 Å². The van der Waals surface area contributed by atoms with Crippen molar-refractivity contribution in [3.05, 3.63) is 0 Å². The molecule has 0 aliphatic carbocycles. The van der Waals surface area contributed by atoms with Crippen LogP contribution in [0.4, 0.5) is 0 Å². The smallest absolute Gasteiger partial charge is 0.281 e. The second kappa shape index (κ2) is 9.21. The monoisotopic (exact) mass is 333 g/mol. The van der Waals surface area contributed by atoms with E-state index in [2.05, 4.69) is 33.0 Å². The first kappa shape index (κ1) is 19.9. The quantitative estimate of drug-likeness (QED) is 0.704. The van der Waals surface area contributed by atoms with Gasteiger partial charge >= 0.3 is 0 Å². The lowest BCUT2D eigenvalue weighted by atomic mass is 10.1. The Hall–Kier alpha value is -0.170. The normalized spacial score (nSPS) is 18.7. The fourth-order valence-electron chi connectivity index (χ4n) is 2.69. The van der Waals surface area contributed by atoms with Crippen LogP contribution in [0.25, 0.3) is 0 Å². The van der Waals surface area contributed by atoms with Crippen LogP contribution in [0.3, 0.4) is 0 Å². The number of nitrogens with one attached hydrogen (secondary N) is 1. The zero-order chi connectivity index (χ0) is 16.8. The number of rotatable bonds is 9. The van der Waals surface area contributed by atoms with E-state index in [0.717, 1.165) is 25.7 Å². The summed E-state index contributed by atoms with van der Waals surface area (Å²) in [5, 5.41) is 3.25. The first-order valence-corrected chi connectivity index (χ1v) is 10.1. The van der Waals surface area contributed by atoms with E-state index in [4.69, 9.17) is 0 Å². The zero-order valence-electron chi connectivity index (χ0n) is 15.0. The minimum atomic E-state index is -3.31. The molecule has 0 radical (unpaired) electrons. The summed E-state index contributed by atoms with van der Waals surface area (Å²) in [6, 6.07) is 0.450. The maximum absolute atomic E-state index is 12.9. The van der Waals surface area contributed by atoms with E-state index in [-0.39, 0.29) is 0 Å². The minimum Gasteiger partial charge on any atom is -0.317 e. The number of nitrogens with zero attached hydrogens (tertiary/aromatic N) is 2. The van der Waals surface area contributed by atoms with Gasteiger partial charge in [-0.3, -0.25) is 0 Å². The van der Waals surface area contributed by atoms with Crippen molar-refractivity contribution in [3.63, 3.8) is 0 Å². The van der Waals surface area contributed by atoms with Gasteiger partial charge in [0.1, 0.15) is 0 Å². The Morgan fingerprint density at radius 3 is 1.86 bits per heavy atom. The Morgan fingerprint density at radius 2 is 1.50 bits per heavy atom. The Balaban J connectivity index is 2.72. The van der Waals surface area contributed by atoms with E-state index in [0.29, 0.717) is 44.1 Å². The maximum atomic E-state index is 12.9. The molecule has 0 spiro atoms. The second-order valence-electron chi connectivity index (χ2n) is 7.23. The van der Waals surface area contributed by atoms with Crippen LogP contribution >= 0.6 is 0 Å². The maximum Gasteiger partial charge on any atom is 0.281 e. The van der Waals surface area contributed by atoms with Gasteiger partial charge in [0.05, 0.1) is 0 Å². The van der Waals surface area contributed by atoms with E-state index in [1.165, 1.54) is 0 Å². The fraction of sp³-hybridized carbons (Fsp3) is 1.00. The average Bonchev–Trinajstić information content (AvgIpc) is 2.46.